The van der Waals surface area contributed by atoms with E-state index in [2.05, 4.69) is 5.32 Å². The van der Waals surface area contributed by atoms with E-state index < -0.39 is 6.41 Å². The molecule has 0 saturated carbocycles. The zero-order valence-corrected chi connectivity index (χ0v) is 9.16. The van der Waals surface area contributed by atoms with Gasteiger partial charge in [-0.2, -0.15) is 0 Å². The summed E-state index contributed by atoms with van der Waals surface area (Å²) in [4.78, 5) is 2.05. The molecule has 0 radical (unpaired) electrons. The van der Waals surface area contributed by atoms with Gasteiger partial charge in [-0.05, 0) is 27.2 Å². The third kappa shape index (κ3) is 2.08. The van der Waals surface area contributed by atoms with Crippen LogP contribution in [0.25, 0.3) is 0 Å². The molecule has 82 valence electrons. The molecular formula is C10H20N2O2. The summed E-state index contributed by atoms with van der Waals surface area (Å²) in [5.74, 6) is 0. The smallest absolute Gasteiger partial charge is 0.216 e. The standard InChI is InChI=1S/C10H20N2O2/c1-10(2,3)14-9(13)12-6-7-4-8(12)5-11-7/h7-9,11,13H,4-6H2,1-3H3. The Labute approximate surface area is 85.2 Å². The Morgan fingerprint density at radius 3 is 2.64 bits per heavy atom. The fourth-order valence-electron chi connectivity index (χ4n) is 2.25. The summed E-state index contributed by atoms with van der Waals surface area (Å²) in [6, 6.07) is 1.01. The average Bonchev–Trinajstić information content (AvgIpc) is 2.59. The second-order valence-electron chi connectivity index (χ2n) is 5.25. The van der Waals surface area contributed by atoms with Crippen LogP contribution in [0.15, 0.2) is 0 Å². The van der Waals surface area contributed by atoms with Crippen LogP contribution in [-0.2, 0) is 4.74 Å². The number of hydrogen-bond donors (Lipinski definition) is 2. The maximum atomic E-state index is 9.88. The lowest BCUT2D eigenvalue weighted by molar-refractivity contribution is -0.243. The maximum Gasteiger partial charge on any atom is 0.216 e. The summed E-state index contributed by atoms with van der Waals surface area (Å²) in [7, 11) is 0. The fraction of sp³-hybridized carbons (Fsp3) is 1.00. The molecule has 2 rings (SSSR count). The third-order valence-electron chi connectivity index (χ3n) is 2.84. The molecular weight excluding hydrogens is 180 g/mol. The number of fused-ring (bicyclic) bond motifs is 2. The van der Waals surface area contributed by atoms with Gasteiger partial charge in [0, 0.05) is 25.2 Å². The first-order valence-electron chi connectivity index (χ1n) is 5.31. The van der Waals surface area contributed by atoms with Gasteiger partial charge in [-0.3, -0.25) is 0 Å². The molecule has 2 heterocycles. The molecule has 0 aromatic rings. The predicted octanol–water partition coefficient (Wildman–Crippen LogP) is 0.123. The van der Waals surface area contributed by atoms with E-state index in [4.69, 9.17) is 4.74 Å². The van der Waals surface area contributed by atoms with Crippen molar-refractivity contribution >= 4 is 0 Å². The summed E-state index contributed by atoms with van der Waals surface area (Å²) >= 11 is 0. The van der Waals surface area contributed by atoms with E-state index in [1.807, 2.05) is 25.7 Å². The predicted molar refractivity (Wildman–Crippen MR) is 53.7 cm³/mol. The van der Waals surface area contributed by atoms with Gasteiger partial charge in [0.25, 0.3) is 0 Å². The number of hydrogen-bond acceptors (Lipinski definition) is 4. The lowest BCUT2D eigenvalue weighted by atomic mass is 10.2. The van der Waals surface area contributed by atoms with Gasteiger partial charge in [-0.15, -0.1) is 0 Å². The highest BCUT2D eigenvalue weighted by Gasteiger charge is 2.41. The van der Waals surface area contributed by atoms with E-state index in [1.165, 1.54) is 0 Å². The van der Waals surface area contributed by atoms with E-state index in [9.17, 15) is 5.11 Å². The van der Waals surface area contributed by atoms with Gasteiger partial charge in [0.1, 0.15) is 0 Å². The Morgan fingerprint density at radius 1 is 1.50 bits per heavy atom. The number of likely N-dealkylation sites (tertiary alicyclic amines) is 1. The molecule has 3 unspecified atom stereocenters. The Balaban J connectivity index is 1.90. The second kappa shape index (κ2) is 3.45. The van der Waals surface area contributed by atoms with Crippen molar-refractivity contribution in [1.29, 1.82) is 0 Å². The number of aliphatic hydroxyl groups excluding tert-OH is 1. The highest BCUT2D eigenvalue weighted by Crippen LogP contribution is 2.26. The van der Waals surface area contributed by atoms with Gasteiger partial charge >= 0.3 is 0 Å². The quantitative estimate of drug-likeness (QED) is 0.622. The molecule has 2 saturated heterocycles. The molecule has 2 aliphatic heterocycles. The molecule has 4 heteroatoms. The van der Waals surface area contributed by atoms with Gasteiger partial charge in [0.15, 0.2) is 0 Å². The molecule has 14 heavy (non-hydrogen) atoms. The van der Waals surface area contributed by atoms with Crippen LogP contribution in [-0.4, -0.2) is 47.2 Å². The van der Waals surface area contributed by atoms with Crippen LogP contribution in [0.2, 0.25) is 0 Å². The molecule has 0 aromatic carbocycles. The Bertz CT molecular complexity index is 215. The number of nitrogens with one attached hydrogen (secondary N) is 1. The molecule has 2 N–H and O–H groups in total. The van der Waals surface area contributed by atoms with Crippen LogP contribution in [0.5, 0.6) is 0 Å². The van der Waals surface area contributed by atoms with Crippen molar-refractivity contribution in [2.75, 3.05) is 13.1 Å². The van der Waals surface area contributed by atoms with Crippen LogP contribution in [0.1, 0.15) is 27.2 Å². The minimum absolute atomic E-state index is 0.283. The first-order valence-corrected chi connectivity index (χ1v) is 5.31. The van der Waals surface area contributed by atoms with Gasteiger partial charge in [-0.25, -0.2) is 4.90 Å². The molecule has 2 bridgehead atoms. The molecule has 0 aromatic heterocycles. The topological polar surface area (TPSA) is 44.7 Å². The van der Waals surface area contributed by atoms with Crippen LogP contribution in [0.3, 0.4) is 0 Å². The van der Waals surface area contributed by atoms with Gasteiger partial charge < -0.3 is 15.2 Å². The van der Waals surface area contributed by atoms with E-state index in [0.717, 1.165) is 19.5 Å². The highest BCUT2D eigenvalue weighted by atomic mass is 16.6. The van der Waals surface area contributed by atoms with Crippen molar-refractivity contribution in [3.05, 3.63) is 0 Å². The van der Waals surface area contributed by atoms with Crippen LogP contribution in [0.4, 0.5) is 0 Å². The lowest BCUT2D eigenvalue weighted by Gasteiger charge is -2.35. The molecule has 0 amide bonds. The van der Waals surface area contributed by atoms with Gasteiger partial charge in [0.2, 0.25) is 6.41 Å². The minimum Gasteiger partial charge on any atom is -0.356 e. The zero-order chi connectivity index (χ0) is 10.3. The van der Waals surface area contributed by atoms with E-state index in [-0.39, 0.29) is 5.60 Å². The molecule has 4 nitrogen and oxygen atoms in total. The molecule has 3 atom stereocenters. The summed E-state index contributed by atoms with van der Waals surface area (Å²) in [6.07, 6.45) is 0.400. The maximum absolute atomic E-state index is 9.88. The molecule has 0 aliphatic carbocycles. The molecule has 2 aliphatic rings. The van der Waals surface area contributed by atoms with Crippen molar-refractivity contribution in [3.8, 4) is 0 Å². The van der Waals surface area contributed by atoms with E-state index in [0.29, 0.717) is 12.1 Å². The Morgan fingerprint density at radius 2 is 2.21 bits per heavy atom. The summed E-state index contributed by atoms with van der Waals surface area (Å²) in [5, 5.41) is 13.3. The van der Waals surface area contributed by atoms with Crippen LogP contribution in [0, 0.1) is 0 Å². The van der Waals surface area contributed by atoms with E-state index >= 15 is 0 Å². The largest absolute Gasteiger partial charge is 0.356 e. The van der Waals surface area contributed by atoms with E-state index in [1.54, 1.807) is 0 Å². The van der Waals surface area contributed by atoms with Crippen LogP contribution >= 0.6 is 0 Å². The first-order chi connectivity index (χ1) is 6.46. The SMILES string of the molecule is CC(C)(C)OC(O)N1CC2CC1CN2. The normalized spacial score (nSPS) is 35.1. The van der Waals surface area contributed by atoms with Crippen molar-refractivity contribution in [3.63, 3.8) is 0 Å². The second-order valence-corrected chi connectivity index (χ2v) is 5.25. The van der Waals surface area contributed by atoms with Crippen molar-refractivity contribution < 1.29 is 9.84 Å². The summed E-state index contributed by atoms with van der Waals surface area (Å²) in [6.45, 7) is 7.77. The number of nitrogens with zero attached hydrogens (tertiary/aromatic N) is 1. The molecule has 2 fully saturated rings. The zero-order valence-electron chi connectivity index (χ0n) is 9.16. The van der Waals surface area contributed by atoms with Crippen molar-refractivity contribution in [1.82, 2.24) is 10.2 Å². The van der Waals surface area contributed by atoms with Gasteiger partial charge in [0.05, 0.1) is 5.60 Å². The minimum atomic E-state index is -0.743. The first kappa shape index (κ1) is 10.4. The van der Waals surface area contributed by atoms with Crippen LogP contribution < -0.4 is 5.32 Å². The fourth-order valence-corrected chi connectivity index (χ4v) is 2.25. The third-order valence-corrected chi connectivity index (χ3v) is 2.84. The molecule has 0 spiro atoms. The van der Waals surface area contributed by atoms with Crippen molar-refractivity contribution in [2.24, 2.45) is 0 Å². The summed E-state index contributed by atoms with van der Waals surface area (Å²) < 4.78 is 5.53. The van der Waals surface area contributed by atoms with Crippen molar-refractivity contribution in [2.45, 2.75) is 51.3 Å². The lowest BCUT2D eigenvalue weighted by Crippen LogP contribution is -2.51. The number of piperazine rings is 1. The summed E-state index contributed by atoms with van der Waals surface area (Å²) in [5.41, 5.74) is -0.283. The Kier molecular flexibility index (Phi) is 2.55. The average molecular weight is 200 g/mol. The van der Waals surface area contributed by atoms with Gasteiger partial charge in [-0.1, -0.05) is 0 Å². The highest BCUT2D eigenvalue weighted by molar-refractivity contribution is 4.97. The number of ether oxygens (including phenoxy) is 1. The monoisotopic (exact) mass is 200 g/mol. The Hall–Kier alpha value is -0.160. The number of aliphatic hydroxyl groups is 1. The number of rotatable bonds is 2.